The van der Waals surface area contributed by atoms with Crippen LogP contribution < -0.4 is 0 Å². The van der Waals surface area contributed by atoms with Crippen LogP contribution in [-0.4, -0.2) is 65.4 Å². The van der Waals surface area contributed by atoms with Crippen molar-refractivity contribution in [2.45, 2.75) is 52.2 Å². The van der Waals surface area contributed by atoms with Crippen LogP contribution in [-0.2, 0) is 6.54 Å². The summed E-state index contributed by atoms with van der Waals surface area (Å²) in [5.41, 5.74) is 5.02. The van der Waals surface area contributed by atoms with Crippen LogP contribution >= 0.6 is 0 Å². The van der Waals surface area contributed by atoms with Gasteiger partial charge in [-0.2, -0.15) is 5.26 Å². The molecule has 4 rings (SSSR count). The van der Waals surface area contributed by atoms with Crippen LogP contribution in [0.4, 0.5) is 0 Å². The number of nitrogens with zero attached hydrogens (tertiary/aromatic N) is 4. The van der Waals surface area contributed by atoms with E-state index < -0.39 is 0 Å². The van der Waals surface area contributed by atoms with E-state index >= 15 is 0 Å². The maximum atomic E-state index is 13.1. The van der Waals surface area contributed by atoms with Crippen molar-refractivity contribution in [1.29, 1.82) is 5.26 Å². The lowest BCUT2D eigenvalue weighted by molar-refractivity contribution is 0.0259. The molecule has 2 aromatic rings. The quantitative estimate of drug-likeness (QED) is 0.736. The zero-order valence-electron chi connectivity index (χ0n) is 19.6. The molecule has 0 aromatic heterocycles. The van der Waals surface area contributed by atoms with Crippen molar-refractivity contribution < 1.29 is 4.79 Å². The van der Waals surface area contributed by atoms with Crippen LogP contribution in [0.1, 0.15) is 52.4 Å². The minimum Gasteiger partial charge on any atom is -0.339 e. The molecule has 0 aliphatic carbocycles. The van der Waals surface area contributed by atoms with E-state index in [-0.39, 0.29) is 5.91 Å². The predicted molar refractivity (Wildman–Crippen MR) is 127 cm³/mol. The lowest BCUT2D eigenvalue weighted by Crippen LogP contribution is -2.56. The van der Waals surface area contributed by atoms with Crippen LogP contribution in [0.5, 0.6) is 0 Å². The SMILES string of the molecule is Cc1cccc(C)c1C(=O)N1CCC(N2CCN(Cc3ccc(C#N)cc3)C(C)C2)CC1. The molecule has 0 N–H and O–H groups in total. The van der Waals surface area contributed by atoms with Gasteiger partial charge in [0.2, 0.25) is 0 Å². The minimum absolute atomic E-state index is 0.194. The number of nitriles is 1. The predicted octanol–water partition coefficient (Wildman–Crippen LogP) is 3.99. The molecule has 32 heavy (non-hydrogen) atoms. The fourth-order valence-electron chi connectivity index (χ4n) is 5.25. The Morgan fingerprint density at radius 3 is 2.25 bits per heavy atom. The Morgan fingerprint density at radius 2 is 1.66 bits per heavy atom. The smallest absolute Gasteiger partial charge is 0.254 e. The van der Waals surface area contributed by atoms with E-state index in [1.807, 2.05) is 44.2 Å². The summed E-state index contributed by atoms with van der Waals surface area (Å²) in [6.45, 7) is 12.2. The number of carbonyl (C=O) groups excluding carboxylic acids is 1. The number of likely N-dealkylation sites (tertiary alicyclic amines) is 1. The van der Waals surface area contributed by atoms with Gasteiger partial charge in [0.1, 0.15) is 0 Å². The van der Waals surface area contributed by atoms with E-state index in [9.17, 15) is 4.79 Å². The van der Waals surface area contributed by atoms with Crippen LogP contribution in [0, 0.1) is 25.2 Å². The topological polar surface area (TPSA) is 50.6 Å². The number of rotatable bonds is 4. The molecule has 2 aliphatic rings. The Balaban J connectivity index is 1.29. The monoisotopic (exact) mass is 430 g/mol. The van der Waals surface area contributed by atoms with Gasteiger partial charge in [-0.1, -0.05) is 30.3 Å². The van der Waals surface area contributed by atoms with Crippen LogP contribution in [0.25, 0.3) is 0 Å². The van der Waals surface area contributed by atoms with E-state index in [4.69, 9.17) is 5.26 Å². The van der Waals surface area contributed by atoms with Crippen molar-refractivity contribution in [3.05, 3.63) is 70.3 Å². The maximum absolute atomic E-state index is 13.1. The fourth-order valence-corrected chi connectivity index (χ4v) is 5.25. The van der Waals surface area contributed by atoms with Crippen molar-refractivity contribution in [3.8, 4) is 6.07 Å². The van der Waals surface area contributed by atoms with Gasteiger partial charge in [0.05, 0.1) is 11.6 Å². The van der Waals surface area contributed by atoms with E-state index in [1.165, 1.54) is 5.56 Å². The molecule has 1 unspecified atom stereocenters. The largest absolute Gasteiger partial charge is 0.339 e. The van der Waals surface area contributed by atoms with E-state index in [0.29, 0.717) is 17.6 Å². The number of benzene rings is 2. The zero-order valence-corrected chi connectivity index (χ0v) is 19.6. The van der Waals surface area contributed by atoms with Crippen molar-refractivity contribution >= 4 is 5.91 Å². The Morgan fingerprint density at radius 1 is 1.00 bits per heavy atom. The Hall–Kier alpha value is -2.68. The van der Waals surface area contributed by atoms with Gasteiger partial charge in [0, 0.05) is 56.9 Å². The van der Waals surface area contributed by atoms with Gasteiger partial charge in [-0.3, -0.25) is 14.6 Å². The second-order valence-corrected chi connectivity index (χ2v) is 9.41. The van der Waals surface area contributed by atoms with Crippen molar-refractivity contribution in [2.75, 3.05) is 32.7 Å². The third kappa shape index (κ3) is 4.87. The highest BCUT2D eigenvalue weighted by Crippen LogP contribution is 2.24. The zero-order chi connectivity index (χ0) is 22.7. The summed E-state index contributed by atoms with van der Waals surface area (Å²) in [5, 5.41) is 8.99. The summed E-state index contributed by atoms with van der Waals surface area (Å²) in [6.07, 6.45) is 2.11. The highest BCUT2D eigenvalue weighted by molar-refractivity contribution is 5.97. The van der Waals surface area contributed by atoms with Crippen molar-refractivity contribution in [3.63, 3.8) is 0 Å². The molecule has 2 aliphatic heterocycles. The Bertz CT molecular complexity index is 965. The summed E-state index contributed by atoms with van der Waals surface area (Å²) in [4.78, 5) is 20.4. The molecule has 2 fully saturated rings. The van der Waals surface area contributed by atoms with Gasteiger partial charge in [0.15, 0.2) is 0 Å². The molecule has 2 aromatic carbocycles. The molecular weight excluding hydrogens is 396 g/mol. The number of piperazine rings is 1. The molecule has 1 amide bonds. The molecule has 1 atom stereocenters. The van der Waals surface area contributed by atoms with Crippen molar-refractivity contribution in [2.24, 2.45) is 0 Å². The molecule has 0 radical (unpaired) electrons. The highest BCUT2D eigenvalue weighted by Gasteiger charge is 2.32. The third-order valence-electron chi connectivity index (χ3n) is 7.23. The lowest BCUT2D eigenvalue weighted by Gasteiger charge is -2.45. The molecule has 2 heterocycles. The van der Waals surface area contributed by atoms with E-state index in [0.717, 1.165) is 68.8 Å². The molecule has 5 heteroatoms. The summed E-state index contributed by atoms with van der Waals surface area (Å²) in [5.74, 6) is 0.194. The summed E-state index contributed by atoms with van der Waals surface area (Å²) < 4.78 is 0. The normalized spacial score (nSPS) is 20.8. The van der Waals surface area contributed by atoms with Crippen LogP contribution in [0.2, 0.25) is 0 Å². The first-order valence-electron chi connectivity index (χ1n) is 11.8. The first-order chi connectivity index (χ1) is 15.5. The molecule has 168 valence electrons. The van der Waals surface area contributed by atoms with Gasteiger partial charge in [0.25, 0.3) is 5.91 Å². The fraction of sp³-hybridized carbons (Fsp3) is 0.481. The second-order valence-electron chi connectivity index (χ2n) is 9.41. The molecule has 0 bridgehead atoms. The number of hydrogen-bond donors (Lipinski definition) is 0. The number of amides is 1. The van der Waals surface area contributed by atoms with E-state index in [1.54, 1.807) is 0 Å². The minimum atomic E-state index is 0.194. The van der Waals surface area contributed by atoms with Gasteiger partial charge in [-0.05, 0) is 62.4 Å². The van der Waals surface area contributed by atoms with Gasteiger partial charge in [-0.15, -0.1) is 0 Å². The van der Waals surface area contributed by atoms with Gasteiger partial charge < -0.3 is 4.90 Å². The third-order valence-corrected chi connectivity index (χ3v) is 7.23. The van der Waals surface area contributed by atoms with Crippen molar-refractivity contribution in [1.82, 2.24) is 14.7 Å². The number of aryl methyl sites for hydroxylation is 2. The van der Waals surface area contributed by atoms with Crippen LogP contribution in [0.3, 0.4) is 0 Å². The molecule has 0 saturated carbocycles. The lowest BCUT2D eigenvalue weighted by atomic mass is 9.97. The first-order valence-corrected chi connectivity index (χ1v) is 11.8. The average Bonchev–Trinajstić information content (AvgIpc) is 2.81. The maximum Gasteiger partial charge on any atom is 0.254 e. The van der Waals surface area contributed by atoms with Gasteiger partial charge >= 0.3 is 0 Å². The number of piperidine rings is 1. The van der Waals surface area contributed by atoms with Crippen LogP contribution in [0.15, 0.2) is 42.5 Å². The standard InChI is InChI=1S/C27H34N4O/c1-20-5-4-6-21(2)26(20)27(32)29-13-11-25(12-14-29)31-16-15-30(22(3)18-31)19-24-9-7-23(17-28)8-10-24/h4-10,22,25H,11-16,18-19H2,1-3H3. The van der Waals surface area contributed by atoms with E-state index in [2.05, 4.69) is 39.8 Å². The Labute approximate surface area is 192 Å². The molecule has 0 spiro atoms. The number of hydrogen-bond acceptors (Lipinski definition) is 4. The Kier molecular flexibility index (Phi) is 6.93. The second kappa shape index (κ2) is 9.85. The molecule has 2 saturated heterocycles. The van der Waals surface area contributed by atoms with Gasteiger partial charge in [-0.25, -0.2) is 0 Å². The average molecular weight is 431 g/mol. The molecular formula is C27H34N4O. The number of carbonyl (C=O) groups is 1. The summed E-state index contributed by atoms with van der Waals surface area (Å²) in [6, 6.07) is 17.3. The summed E-state index contributed by atoms with van der Waals surface area (Å²) in [7, 11) is 0. The molecule has 5 nitrogen and oxygen atoms in total. The highest BCUT2D eigenvalue weighted by atomic mass is 16.2. The first kappa shape index (κ1) is 22.5. The summed E-state index contributed by atoms with van der Waals surface area (Å²) >= 11 is 0.